The number of nitrogens with two attached hydrogens (primary N) is 1. The predicted octanol–water partition coefficient (Wildman–Crippen LogP) is 0.717. The van der Waals surface area contributed by atoms with Gasteiger partial charge in [0.1, 0.15) is 0 Å². The molecule has 14 heavy (non-hydrogen) atoms. The molecule has 0 aliphatic rings. The van der Waals surface area contributed by atoms with E-state index >= 15 is 0 Å². The van der Waals surface area contributed by atoms with Gasteiger partial charge in [0, 0.05) is 12.4 Å². The number of nitrogens with zero attached hydrogens (tertiary/aromatic N) is 2. The second-order valence-electron chi connectivity index (χ2n) is 3.26. The highest BCUT2D eigenvalue weighted by molar-refractivity contribution is 5.46. The third-order valence-electron chi connectivity index (χ3n) is 2.24. The van der Waals surface area contributed by atoms with Gasteiger partial charge in [-0.15, -0.1) is 0 Å². The van der Waals surface area contributed by atoms with Gasteiger partial charge in [-0.25, -0.2) is 4.52 Å². The summed E-state index contributed by atoms with van der Waals surface area (Å²) in [6, 6.07) is 5.75. The SMILES string of the molecule is NCCC(O)c1ccc2ccnn2c1. The van der Waals surface area contributed by atoms with Gasteiger partial charge in [-0.3, -0.25) is 0 Å². The predicted molar refractivity (Wildman–Crippen MR) is 53.8 cm³/mol. The van der Waals surface area contributed by atoms with Crippen LogP contribution in [0.2, 0.25) is 0 Å². The number of aliphatic hydroxyl groups is 1. The van der Waals surface area contributed by atoms with E-state index in [2.05, 4.69) is 5.10 Å². The van der Waals surface area contributed by atoms with Gasteiger partial charge in [-0.1, -0.05) is 6.07 Å². The van der Waals surface area contributed by atoms with Crippen molar-refractivity contribution in [2.45, 2.75) is 12.5 Å². The van der Waals surface area contributed by atoms with Crippen molar-refractivity contribution < 1.29 is 5.11 Å². The van der Waals surface area contributed by atoms with Crippen molar-refractivity contribution in [2.75, 3.05) is 6.54 Å². The van der Waals surface area contributed by atoms with Gasteiger partial charge in [0.25, 0.3) is 0 Å². The van der Waals surface area contributed by atoms with Crippen molar-refractivity contribution in [1.82, 2.24) is 9.61 Å². The molecule has 0 fully saturated rings. The van der Waals surface area contributed by atoms with Gasteiger partial charge in [0.15, 0.2) is 0 Å². The van der Waals surface area contributed by atoms with Crippen molar-refractivity contribution in [2.24, 2.45) is 5.73 Å². The van der Waals surface area contributed by atoms with Gasteiger partial charge >= 0.3 is 0 Å². The standard InChI is InChI=1S/C10H13N3O/c11-5-3-10(14)8-1-2-9-4-6-12-13(9)7-8/h1-2,4,6-7,10,14H,3,5,11H2. The minimum absolute atomic E-state index is 0.484. The molecule has 0 aliphatic heterocycles. The molecule has 1 atom stereocenters. The van der Waals surface area contributed by atoms with E-state index in [0.717, 1.165) is 11.1 Å². The van der Waals surface area contributed by atoms with E-state index in [9.17, 15) is 5.11 Å². The van der Waals surface area contributed by atoms with E-state index in [-0.39, 0.29) is 0 Å². The molecule has 4 nitrogen and oxygen atoms in total. The first-order chi connectivity index (χ1) is 6.81. The third kappa shape index (κ3) is 1.62. The maximum Gasteiger partial charge on any atom is 0.0816 e. The van der Waals surface area contributed by atoms with Gasteiger partial charge in [-0.2, -0.15) is 5.10 Å². The molecule has 4 heteroatoms. The molecule has 1 unspecified atom stereocenters. The topological polar surface area (TPSA) is 63.5 Å². The molecule has 0 aromatic carbocycles. The number of hydrogen-bond acceptors (Lipinski definition) is 3. The molecule has 2 rings (SSSR count). The summed E-state index contributed by atoms with van der Waals surface area (Å²) in [5.41, 5.74) is 7.25. The fraction of sp³-hybridized carbons (Fsp3) is 0.300. The number of hydrogen-bond donors (Lipinski definition) is 2. The van der Waals surface area contributed by atoms with E-state index in [4.69, 9.17) is 5.73 Å². The average Bonchev–Trinajstić information content (AvgIpc) is 2.64. The smallest absolute Gasteiger partial charge is 0.0816 e. The quantitative estimate of drug-likeness (QED) is 0.751. The number of pyridine rings is 1. The van der Waals surface area contributed by atoms with Gasteiger partial charge in [-0.05, 0) is 30.7 Å². The van der Waals surface area contributed by atoms with Crippen molar-refractivity contribution in [3.63, 3.8) is 0 Å². The Kier molecular flexibility index (Phi) is 2.47. The maximum absolute atomic E-state index is 9.70. The fourth-order valence-electron chi connectivity index (χ4n) is 1.45. The summed E-state index contributed by atoms with van der Waals surface area (Å²) in [6.45, 7) is 0.484. The highest BCUT2D eigenvalue weighted by Gasteiger charge is 2.06. The normalized spacial score (nSPS) is 13.3. The van der Waals surface area contributed by atoms with Crippen molar-refractivity contribution in [3.8, 4) is 0 Å². The van der Waals surface area contributed by atoms with Crippen molar-refractivity contribution in [3.05, 3.63) is 36.2 Å². The molecule has 2 aromatic heterocycles. The molecular formula is C10H13N3O. The molecule has 2 heterocycles. The summed E-state index contributed by atoms with van der Waals surface area (Å²) < 4.78 is 1.75. The molecular weight excluding hydrogens is 178 g/mol. The Bertz CT molecular complexity index is 424. The lowest BCUT2D eigenvalue weighted by Gasteiger charge is -2.09. The van der Waals surface area contributed by atoms with Crippen LogP contribution in [-0.4, -0.2) is 21.3 Å². The Labute approximate surface area is 82.0 Å². The summed E-state index contributed by atoms with van der Waals surface area (Å²) in [7, 11) is 0. The van der Waals surface area contributed by atoms with Crippen LogP contribution in [0.5, 0.6) is 0 Å². The monoisotopic (exact) mass is 191 g/mol. The van der Waals surface area contributed by atoms with Crippen LogP contribution < -0.4 is 5.73 Å². The Morgan fingerprint density at radius 2 is 2.29 bits per heavy atom. The molecule has 2 aromatic rings. The first-order valence-corrected chi connectivity index (χ1v) is 4.62. The minimum Gasteiger partial charge on any atom is -0.388 e. The van der Waals surface area contributed by atoms with Crippen LogP contribution in [0.25, 0.3) is 5.52 Å². The summed E-state index contributed by atoms with van der Waals surface area (Å²) in [4.78, 5) is 0. The Balaban J connectivity index is 2.33. The zero-order valence-electron chi connectivity index (χ0n) is 7.80. The molecule has 3 N–H and O–H groups in total. The number of fused-ring (bicyclic) bond motifs is 1. The summed E-state index contributed by atoms with van der Waals surface area (Å²) >= 11 is 0. The molecule has 74 valence electrons. The van der Waals surface area contributed by atoms with Gasteiger partial charge in [0.2, 0.25) is 0 Å². The molecule has 0 saturated carbocycles. The second kappa shape index (κ2) is 3.77. The minimum atomic E-state index is -0.492. The van der Waals surface area contributed by atoms with Crippen LogP contribution in [0.4, 0.5) is 0 Å². The van der Waals surface area contributed by atoms with Crippen LogP contribution in [0, 0.1) is 0 Å². The van der Waals surface area contributed by atoms with Crippen molar-refractivity contribution in [1.29, 1.82) is 0 Å². The van der Waals surface area contributed by atoms with Crippen LogP contribution in [0.3, 0.4) is 0 Å². The van der Waals surface area contributed by atoms with Gasteiger partial charge < -0.3 is 10.8 Å². The number of aromatic nitrogens is 2. The zero-order chi connectivity index (χ0) is 9.97. The molecule has 0 aliphatic carbocycles. The first kappa shape index (κ1) is 9.18. The largest absolute Gasteiger partial charge is 0.388 e. The molecule has 0 radical (unpaired) electrons. The van der Waals surface area contributed by atoms with E-state index in [1.807, 2.05) is 24.4 Å². The molecule has 0 amide bonds. The van der Waals surface area contributed by atoms with Crippen LogP contribution in [0.1, 0.15) is 18.1 Å². The molecule has 0 saturated heterocycles. The third-order valence-corrected chi connectivity index (χ3v) is 2.24. The van der Waals surface area contributed by atoms with E-state index in [1.54, 1.807) is 10.7 Å². The highest BCUT2D eigenvalue weighted by atomic mass is 16.3. The number of rotatable bonds is 3. The Hall–Kier alpha value is -1.39. The lowest BCUT2D eigenvalue weighted by molar-refractivity contribution is 0.169. The number of aliphatic hydroxyl groups excluding tert-OH is 1. The van der Waals surface area contributed by atoms with Gasteiger partial charge in [0.05, 0.1) is 11.6 Å². The summed E-state index contributed by atoms with van der Waals surface area (Å²) in [5.74, 6) is 0. The zero-order valence-corrected chi connectivity index (χ0v) is 7.80. The Morgan fingerprint density at radius 1 is 1.43 bits per heavy atom. The van der Waals surface area contributed by atoms with Crippen LogP contribution >= 0.6 is 0 Å². The highest BCUT2D eigenvalue weighted by Crippen LogP contribution is 2.16. The van der Waals surface area contributed by atoms with E-state index in [0.29, 0.717) is 13.0 Å². The fourth-order valence-corrected chi connectivity index (χ4v) is 1.45. The lowest BCUT2D eigenvalue weighted by atomic mass is 10.1. The van der Waals surface area contributed by atoms with E-state index < -0.39 is 6.10 Å². The Morgan fingerprint density at radius 3 is 3.07 bits per heavy atom. The molecule has 0 spiro atoms. The van der Waals surface area contributed by atoms with Crippen LogP contribution in [0.15, 0.2) is 30.6 Å². The van der Waals surface area contributed by atoms with E-state index in [1.165, 1.54) is 0 Å². The maximum atomic E-state index is 9.70. The first-order valence-electron chi connectivity index (χ1n) is 4.62. The lowest BCUT2D eigenvalue weighted by Crippen LogP contribution is -2.07. The molecule has 0 bridgehead atoms. The van der Waals surface area contributed by atoms with Crippen LogP contribution in [-0.2, 0) is 0 Å². The summed E-state index contributed by atoms with van der Waals surface area (Å²) in [6.07, 6.45) is 3.64. The summed E-state index contributed by atoms with van der Waals surface area (Å²) in [5, 5.41) is 13.8. The second-order valence-corrected chi connectivity index (χ2v) is 3.26. The average molecular weight is 191 g/mol. The van der Waals surface area contributed by atoms with Crippen molar-refractivity contribution >= 4 is 5.52 Å².